The van der Waals surface area contributed by atoms with Crippen molar-refractivity contribution in [2.24, 2.45) is 0 Å². The zero-order valence-corrected chi connectivity index (χ0v) is 7.95. The van der Waals surface area contributed by atoms with Crippen LogP contribution in [0.4, 0.5) is 5.82 Å². The third kappa shape index (κ3) is 1.43. The number of anilines is 1. The molecule has 2 aromatic heterocycles. The molecule has 2 N–H and O–H groups in total. The van der Waals surface area contributed by atoms with Crippen LogP contribution < -0.4 is 5.73 Å². The molecule has 2 rings (SSSR count). The van der Waals surface area contributed by atoms with E-state index < -0.39 is 0 Å². The maximum atomic E-state index is 8.66. The second-order valence-corrected chi connectivity index (χ2v) is 3.65. The van der Waals surface area contributed by atoms with Gasteiger partial charge in [-0.1, -0.05) is 0 Å². The van der Waals surface area contributed by atoms with Crippen molar-refractivity contribution in [3.8, 4) is 16.6 Å². The first-order chi connectivity index (χ1) is 6.81. The molecule has 0 radical (unpaired) electrons. The monoisotopic (exact) mass is 202 g/mol. The van der Waals surface area contributed by atoms with Crippen LogP contribution in [0.2, 0.25) is 0 Å². The average Bonchev–Trinajstić information content (AvgIpc) is 2.67. The second kappa shape index (κ2) is 3.44. The molecule has 0 unspecified atom stereocenters. The Labute approximate surface area is 84.7 Å². The van der Waals surface area contributed by atoms with E-state index in [4.69, 9.17) is 11.0 Å². The topological polar surface area (TPSA) is 75.6 Å². The van der Waals surface area contributed by atoms with E-state index in [0.29, 0.717) is 16.4 Å². The van der Waals surface area contributed by atoms with E-state index in [1.807, 2.05) is 6.07 Å². The first-order valence-corrected chi connectivity index (χ1v) is 4.69. The molecular formula is C9H6N4S. The molecule has 0 aromatic carbocycles. The number of nitrogen functional groups attached to an aromatic ring is 1. The minimum atomic E-state index is 0.388. The fraction of sp³-hybridized carbons (Fsp3) is 0. The molecule has 0 aliphatic heterocycles. The van der Waals surface area contributed by atoms with E-state index in [0.717, 1.165) is 4.88 Å². The molecule has 5 heteroatoms. The number of rotatable bonds is 1. The molecule has 2 aromatic rings. The van der Waals surface area contributed by atoms with Gasteiger partial charge in [0, 0.05) is 12.4 Å². The Kier molecular flexibility index (Phi) is 2.13. The minimum absolute atomic E-state index is 0.388. The van der Waals surface area contributed by atoms with Crippen molar-refractivity contribution in [1.29, 1.82) is 5.26 Å². The lowest BCUT2D eigenvalue weighted by molar-refractivity contribution is 1.22. The van der Waals surface area contributed by atoms with Crippen LogP contribution in [0.25, 0.3) is 10.6 Å². The fourth-order valence-corrected chi connectivity index (χ4v) is 1.87. The highest BCUT2D eigenvalue weighted by atomic mass is 32.1. The van der Waals surface area contributed by atoms with Gasteiger partial charge in [0.2, 0.25) is 0 Å². The maximum absolute atomic E-state index is 8.66. The van der Waals surface area contributed by atoms with Crippen LogP contribution in [0.3, 0.4) is 0 Å². The third-order valence-electron chi connectivity index (χ3n) is 1.68. The van der Waals surface area contributed by atoms with E-state index in [9.17, 15) is 0 Å². The lowest BCUT2D eigenvalue weighted by atomic mass is 10.3. The highest BCUT2D eigenvalue weighted by Crippen LogP contribution is 2.28. The van der Waals surface area contributed by atoms with E-state index >= 15 is 0 Å². The van der Waals surface area contributed by atoms with Gasteiger partial charge < -0.3 is 5.73 Å². The summed E-state index contributed by atoms with van der Waals surface area (Å²) in [6.45, 7) is 0. The Morgan fingerprint density at radius 3 is 2.71 bits per heavy atom. The summed E-state index contributed by atoms with van der Waals surface area (Å²) in [5, 5.41) is 8.66. The molecule has 4 nitrogen and oxygen atoms in total. The molecule has 2 heterocycles. The van der Waals surface area contributed by atoms with Crippen LogP contribution in [0, 0.1) is 11.3 Å². The predicted molar refractivity (Wildman–Crippen MR) is 54.5 cm³/mol. The highest BCUT2D eigenvalue weighted by Gasteiger charge is 2.07. The summed E-state index contributed by atoms with van der Waals surface area (Å²) in [6, 6.07) is 5.63. The standard InChI is InChI=1S/C9H6N4S/c10-5-6-1-2-7(14-6)8-9(11)13-4-3-12-8/h1-4H,(H2,11,13). The van der Waals surface area contributed by atoms with Crippen LogP contribution in [-0.2, 0) is 0 Å². The summed E-state index contributed by atoms with van der Waals surface area (Å²) in [6.07, 6.45) is 3.12. The van der Waals surface area contributed by atoms with Crippen molar-refractivity contribution in [1.82, 2.24) is 9.97 Å². The van der Waals surface area contributed by atoms with Gasteiger partial charge in [-0.05, 0) is 12.1 Å². The number of hydrogen-bond acceptors (Lipinski definition) is 5. The number of aromatic nitrogens is 2. The van der Waals surface area contributed by atoms with Gasteiger partial charge in [-0.2, -0.15) is 5.26 Å². The summed E-state index contributed by atoms with van der Waals surface area (Å²) in [4.78, 5) is 9.55. The van der Waals surface area contributed by atoms with Crippen molar-refractivity contribution in [2.75, 3.05) is 5.73 Å². The predicted octanol–water partition coefficient (Wildman–Crippen LogP) is 1.66. The summed E-state index contributed by atoms with van der Waals surface area (Å²) >= 11 is 1.36. The number of thiophene rings is 1. The van der Waals surface area contributed by atoms with Crippen molar-refractivity contribution in [3.05, 3.63) is 29.4 Å². The van der Waals surface area contributed by atoms with Crippen molar-refractivity contribution < 1.29 is 0 Å². The Balaban J connectivity index is 2.51. The van der Waals surface area contributed by atoms with Crippen LogP contribution >= 0.6 is 11.3 Å². The van der Waals surface area contributed by atoms with Crippen LogP contribution in [0.5, 0.6) is 0 Å². The van der Waals surface area contributed by atoms with Gasteiger partial charge in [-0.3, -0.25) is 0 Å². The molecule has 14 heavy (non-hydrogen) atoms. The molecular weight excluding hydrogens is 196 g/mol. The third-order valence-corrected chi connectivity index (χ3v) is 2.67. The molecule has 0 saturated carbocycles. The van der Waals surface area contributed by atoms with Gasteiger partial charge in [0.25, 0.3) is 0 Å². The molecule has 0 amide bonds. The van der Waals surface area contributed by atoms with Gasteiger partial charge in [0.05, 0.1) is 4.88 Å². The molecule has 0 fully saturated rings. The smallest absolute Gasteiger partial charge is 0.150 e. The molecule has 0 atom stereocenters. The van der Waals surface area contributed by atoms with Crippen molar-refractivity contribution in [3.63, 3.8) is 0 Å². The Bertz CT molecular complexity index is 498. The minimum Gasteiger partial charge on any atom is -0.382 e. The average molecular weight is 202 g/mol. The van der Waals surface area contributed by atoms with Gasteiger partial charge in [0.15, 0.2) is 5.82 Å². The summed E-state index contributed by atoms with van der Waals surface area (Å²) < 4.78 is 0. The second-order valence-electron chi connectivity index (χ2n) is 2.57. The van der Waals surface area contributed by atoms with E-state index in [2.05, 4.69) is 16.0 Å². The Hall–Kier alpha value is -1.93. The van der Waals surface area contributed by atoms with Gasteiger partial charge in [0.1, 0.15) is 16.6 Å². The number of hydrogen-bond donors (Lipinski definition) is 1. The zero-order valence-electron chi connectivity index (χ0n) is 7.14. The lowest BCUT2D eigenvalue weighted by Gasteiger charge is -1.98. The van der Waals surface area contributed by atoms with E-state index in [-0.39, 0.29) is 0 Å². The lowest BCUT2D eigenvalue weighted by Crippen LogP contribution is -1.94. The van der Waals surface area contributed by atoms with Crippen molar-refractivity contribution in [2.45, 2.75) is 0 Å². The summed E-state index contributed by atoms with van der Waals surface area (Å²) in [5.74, 6) is 0.388. The van der Waals surface area contributed by atoms with Crippen LogP contribution in [0.1, 0.15) is 4.88 Å². The summed E-state index contributed by atoms with van der Waals surface area (Å²) in [7, 11) is 0. The van der Waals surface area contributed by atoms with Gasteiger partial charge in [-0.25, -0.2) is 9.97 Å². The number of nitriles is 1. The number of nitrogens with two attached hydrogens (primary N) is 1. The van der Waals surface area contributed by atoms with Crippen LogP contribution in [-0.4, -0.2) is 9.97 Å². The highest BCUT2D eigenvalue weighted by molar-refractivity contribution is 7.16. The molecule has 0 aliphatic carbocycles. The SMILES string of the molecule is N#Cc1ccc(-c2nccnc2N)s1. The molecule has 0 spiro atoms. The number of nitrogens with zero attached hydrogens (tertiary/aromatic N) is 3. The Morgan fingerprint density at radius 2 is 2.07 bits per heavy atom. The van der Waals surface area contributed by atoms with Gasteiger partial charge in [-0.15, -0.1) is 11.3 Å². The first-order valence-electron chi connectivity index (χ1n) is 3.88. The normalized spacial score (nSPS) is 9.64. The fourth-order valence-electron chi connectivity index (χ4n) is 1.06. The first kappa shape index (κ1) is 8.66. The van der Waals surface area contributed by atoms with Crippen LogP contribution in [0.15, 0.2) is 24.5 Å². The molecule has 0 bridgehead atoms. The van der Waals surface area contributed by atoms with E-state index in [1.54, 1.807) is 12.3 Å². The molecule has 0 saturated heterocycles. The van der Waals surface area contributed by atoms with E-state index in [1.165, 1.54) is 17.5 Å². The zero-order chi connectivity index (χ0) is 9.97. The maximum Gasteiger partial charge on any atom is 0.150 e. The summed E-state index contributed by atoms with van der Waals surface area (Å²) in [5.41, 5.74) is 6.29. The Morgan fingerprint density at radius 1 is 1.29 bits per heavy atom. The molecule has 68 valence electrons. The molecule has 0 aliphatic rings. The quantitative estimate of drug-likeness (QED) is 0.763. The van der Waals surface area contributed by atoms with Crippen molar-refractivity contribution >= 4 is 17.2 Å². The van der Waals surface area contributed by atoms with Gasteiger partial charge >= 0.3 is 0 Å². The largest absolute Gasteiger partial charge is 0.382 e.